The Balaban J connectivity index is 1.68. The van der Waals surface area contributed by atoms with Crippen LogP contribution in [0.25, 0.3) is 0 Å². The Hall–Kier alpha value is -0.520. The smallest absolute Gasteiger partial charge is 0.0598 e. The van der Waals surface area contributed by atoms with E-state index in [9.17, 15) is 0 Å². The Morgan fingerprint density at radius 3 is 2.06 bits per heavy atom. The van der Waals surface area contributed by atoms with Crippen LogP contribution in [0, 0.1) is 12.3 Å². The highest BCUT2D eigenvalue weighted by atomic mass is 15.1. The Morgan fingerprint density at radius 1 is 0.889 bits per heavy atom. The van der Waals surface area contributed by atoms with Crippen LogP contribution in [0.1, 0.15) is 57.8 Å². The molecule has 1 aliphatic carbocycles. The predicted octanol–water partition coefficient (Wildman–Crippen LogP) is 2.79. The summed E-state index contributed by atoms with van der Waals surface area (Å²) in [4.78, 5) is 2.40. The van der Waals surface area contributed by atoms with Crippen molar-refractivity contribution in [3.05, 3.63) is 0 Å². The Kier molecular flexibility index (Phi) is 6.04. The second kappa shape index (κ2) is 7.81. The molecule has 0 atom stereocenters. The van der Waals surface area contributed by atoms with Crippen LogP contribution >= 0.6 is 0 Å². The number of rotatable bonds is 3. The zero-order chi connectivity index (χ0) is 12.6. The maximum atomic E-state index is 5.37. The summed E-state index contributed by atoms with van der Waals surface area (Å²) in [5.74, 6) is 2.75. The van der Waals surface area contributed by atoms with E-state index in [4.69, 9.17) is 6.42 Å². The van der Waals surface area contributed by atoms with Crippen molar-refractivity contribution in [1.29, 1.82) is 0 Å². The lowest BCUT2D eigenvalue weighted by Gasteiger charge is -2.34. The molecule has 1 heterocycles. The van der Waals surface area contributed by atoms with Crippen molar-refractivity contribution in [3.63, 3.8) is 0 Å². The standard InChI is InChI=1S/C16H28N2/c1-2-12-18-13-10-16(11-14-18)17-15-8-6-4-3-5-7-9-15/h1,15-17H,3-14H2. The topological polar surface area (TPSA) is 15.3 Å². The molecule has 0 unspecified atom stereocenters. The molecule has 0 aromatic heterocycles. The lowest BCUT2D eigenvalue weighted by molar-refractivity contribution is 0.203. The molecule has 2 heteroatoms. The Bertz CT molecular complexity index is 253. The highest BCUT2D eigenvalue weighted by Crippen LogP contribution is 2.19. The van der Waals surface area contributed by atoms with Crippen molar-refractivity contribution < 1.29 is 0 Å². The van der Waals surface area contributed by atoms with Gasteiger partial charge in [0.05, 0.1) is 6.54 Å². The van der Waals surface area contributed by atoms with Gasteiger partial charge in [-0.25, -0.2) is 0 Å². The molecule has 18 heavy (non-hydrogen) atoms. The van der Waals surface area contributed by atoms with E-state index in [1.54, 1.807) is 0 Å². The molecule has 1 saturated heterocycles. The molecule has 1 aliphatic heterocycles. The van der Waals surface area contributed by atoms with Crippen LogP contribution in [0.4, 0.5) is 0 Å². The molecular weight excluding hydrogens is 220 g/mol. The zero-order valence-electron chi connectivity index (χ0n) is 11.7. The third-order valence-electron chi connectivity index (χ3n) is 4.48. The molecular formula is C16H28N2. The van der Waals surface area contributed by atoms with Gasteiger partial charge < -0.3 is 5.32 Å². The van der Waals surface area contributed by atoms with Gasteiger partial charge in [0.1, 0.15) is 0 Å². The number of likely N-dealkylation sites (tertiary alicyclic amines) is 1. The molecule has 0 spiro atoms. The molecule has 2 nitrogen and oxygen atoms in total. The summed E-state index contributed by atoms with van der Waals surface area (Å²) in [6.45, 7) is 3.18. The maximum absolute atomic E-state index is 5.37. The van der Waals surface area contributed by atoms with E-state index in [1.807, 2.05) is 0 Å². The van der Waals surface area contributed by atoms with E-state index in [0.717, 1.165) is 18.6 Å². The first kappa shape index (κ1) is 13.9. The molecule has 2 aliphatic rings. The normalized spacial score (nSPS) is 25.3. The number of nitrogens with zero attached hydrogens (tertiary/aromatic N) is 1. The third-order valence-corrected chi connectivity index (χ3v) is 4.48. The molecule has 1 N–H and O–H groups in total. The summed E-state index contributed by atoms with van der Waals surface area (Å²) in [5.41, 5.74) is 0. The lowest BCUT2D eigenvalue weighted by atomic mass is 9.95. The van der Waals surface area contributed by atoms with Crippen LogP contribution in [-0.2, 0) is 0 Å². The van der Waals surface area contributed by atoms with Gasteiger partial charge in [0.25, 0.3) is 0 Å². The van der Waals surface area contributed by atoms with Crippen molar-refractivity contribution in [1.82, 2.24) is 10.2 Å². The minimum atomic E-state index is 0.739. The minimum Gasteiger partial charge on any atom is -0.311 e. The molecule has 0 bridgehead atoms. The van der Waals surface area contributed by atoms with E-state index < -0.39 is 0 Å². The van der Waals surface area contributed by atoms with Crippen LogP contribution in [0.3, 0.4) is 0 Å². The van der Waals surface area contributed by atoms with E-state index in [-0.39, 0.29) is 0 Å². The van der Waals surface area contributed by atoms with Crippen molar-refractivity contribution in [3.8, 4) is 12.3 Å². The number of nitrogens with one attached hydrogen (secondary N) is 1. The molecule has 0 radical (unpaired) electrons. The summed E-state index contributed by atoms with van der Waals surface area (Å²) in [5, 5.41) is 3.91. The third kappa shape index (κ3) is 4.63. The SMILES string of the molecule is C#CCN1CCC(NC2CCCCCCC2)CC1. The molecule has 102 valence electrons. The summed E-state index contributed by atoms with van der Waals surface area (Å²) in [6.07, 6.45) is 17.9. The quantitative estimate of drug-likeness (QED) is 0.773. The van der Waals surface area contributed by atoms with E-state index >= 15 is 0 Å². The number of terminal acetylenes is 1. The predicted molar refractivity (Wildman–Crippen MR) is 77.5 cm³/mol. The van der Waals surface area contributed by atoms with Crippen LogP contribution in [-0.4, -0.2) is 36.6 Å². The van der Waals surface area contributed by atoms with Crippen LogP contribution in [0.5, 0.6) is 0 Å². The second-order valence-electron chi connectivity index (χ2n) is 5.96. The van der Waals surface area contributed by atoms with Crippen LogP contribution < -0.4 is 5.32 Å². The summed E-state index contributed by atoms with van der Waals surface area (Å²) >= 11 is 0. The van der Waals surface area contributed by atoms with Crippen molar-refractivity contribution in [2.45, 2.75) is 69.9 Å². The first-order valence-corrected chi connectivity index (χ1v) is 7.80. The highest BCUT2D eigenvalue weighted by Gasteiger charge is 2.21. The fourth-order valence-electron chi connectivity index (χ4n) is 3.34. The van der Waals surface area contributed by atoms with E-state index in [0.29, 0.717) is 0 Å². The molecule has 1 saturated carbocycles. The first-order chi connectivity index (χ1) is 8.88. The Labute approximate surface area is 113 Å². The van der Waals surface area contributed by atoms with Gasteiger partial charge in [-0.3, -0.25) is 4.90 Å². The number of hydrogen-bond acceptors (Lipinski definition) is 2. The highest BCUT2D eigenvalue weighted by molar-refractivity contribution is 4.91. The van der Waals surface area contributed by atoms with Crippen LogP contribution in [0.2, 0.25) is 0 Å². The summed E-state index contributed by atoms with van der Waals surface area (Å²) in [6, 6.07) is 1.53. The van der Waals surface area contributed by atoms with E-state index in [1.165, 1.54) is 70.9 Å². The second-order valence-corrected chi connectivity index (χ2v) is 5.96. The lowest BCUT2D eigenvalue weighted by Crippen LogP contribution is -2.46. The van der Waals surface area contributed by atoms with Crippen LogP contribution in [0.15, 0.2) is 0 Å². The van der Waals surface area contributed by atoms with Gasteiger partial charge in [0.15, 0.2) is 0 Å². The molecule has 2 fully saturated rings. The fourth-order valence-corrected chi connectivity index (χ4v) is 3.34. The first-order valence-electron chi connectivity index (χ1n) is 7.80. The fraction of sp³-hybridized carbons (Fsp3) is 0.875. The molecule has 0 aromatic carbocycles. The van der Waals surface area contributed by atoms with E-state index in [2.05, 4.69) is 16.1 Å². The van der Waals surface area contributed by atoms with Gasteiger partial charge >= 0.3 is 0 Å². The maximum Gasteiger partial charge on any atom is 0.0598 e. The Morgan fingerprint density at radius 2 is 1.44 bits per heavy atom. The van der Waals surface area contributed by atoms with Crippen molar-refractivity contribution in [2.24, 2.45) is 0 Å². The largest absolute Gasteiger partial charge is 0.311 e. The van der Waals surface area contributed by atoms with Gasteiger partial charge in [-0.2, -0.15) is 0 Å². The molecule has 0 amide bonds. The van der Waals surface area contributed by atoms with Crippen molar-refractivity contribution >= 4 is 0 Å². The average Bonchev–Trinajstić information content (AvgIpc) is 2.35. The minimum absolute atomic E-state index is 0.739. The number of hydrogen-bond donors (Lipinski definition) is 1. The molecule has 0 aromatic rings. The monoisotopic (exact) mass is 248 g/mol. The van der Waals surface area contributed by atoms with Crippen molar-refractivity contribution in [2.75, 3.05) is 19.6 Å². The van der Waals surface area contributed by atoms with Gasteiger partial charge in [-0.05, 0) is 25.7 Å². The summed E-state index contributed by atoms with van der Waals surface area (Å²) < 4.78 is 0. The number of piperidine rings is 1. The van der Waals surface area contributed by atoms with Gasteiger partial charge in [0, 0.05) is 25.2 Å². The average molecular weight is 248 g/mol. The molecule has 2 rings (SSSR count). The van der Waals surface area contributed by atoms with Gasteiger partial charge in [-0.15, -0.1) is 6.42 Å². The van der Waals surface area contributed by atoms with Gasteiger partial charge in [-0.1, -0.05) is 38.0 Å². The zero-order valence-corrected chi connectivity index (χ0v) is 11.7. The summed E-state index contributed by atoms with van der Waals surface area (Å²) in [7, 11) is 0. The van der Waals surface area contributed by atoms with Gasteiger partial charge in [0.2, 0.25) is 0 Å².